The maximum atomic E-state index is 2.59. The summed E-state index contributed by atoms with van der Waals surface area (Å²) in [7, 11) is 0. The van der Waals surface area contributed by atoms with E-state index in [-0.39, 0.29) is 0 Å². The van der Waals surface area contributed by atoms with E-state index in [0.29, 0.717) is 0 Å². The molecule has 12 aromatic rings. The van der Waals surface area contributed by atoms with Gasteiger partial charge in [-0.15, -0.1) is 0 Å². The Morgan fingerprint density at radius 2 is 0.579 bits per heavy atom. The van der Waals surface area contributed by atoms with Gasteiger partial charge in [0.05, 0.1) is 22.2 Å². The topological polar surface area (TPSA) is 6.48 Å². The maximum absolute atomic E-state index is 2.59. The van der Waals surface area contributed by atoms with Crippen molar-refractivity contribution in [2.24, 2.45) is 0 Å². The zero-order chi connectivity index (χ0) is 50.2. The largest absolute Gasteiger partial charge is 0.310 e. The van der Waals surface area contributed by atoms with E-state index >= 15 is 0 Å². The standard InChI is InChI=1S/C74H50N2/c1-6-25-51(26-7-1)58-35-19-23-43-70(58)76(71-44-24-39-64-61-38-18-20-40-65(61)73(72(64)71,52-27-8-2-9-28-52)53-29-10-3-11-30-53)57-46-48-63-60-37-17-22-42-67(60)74(69(63)50-57)66-41-21-16-36-59(66)62-47-45-56(49-68(62)74)75(54-31-12-4-13-32-54)55-33-14-5-15-34-55/h1-50H. The molecule has 2 heteroatoms. The molecule has 0 bridgehead atoms. The van der Waals surface area contributed by atoms with Crippen LogP contribution in [0.25, 0.3) is 44.5 Å². The van der Waals surface area contributed by atoms with E-state index in [2.05, 4.69) is 313 Å². The average molecular weight is 967 g/mol. The van der Waals surface area contributed by atoms with Crippen molar-refractivity contribution in [3.05, 3.63) is 348 Å². The molecule has 1 spiro atoms. The first kappa shape index (κ1) is 43.8. The summed E-state index contributed by atoms with van der Waals surface area (Å²) in [5.41, 5.74) is 25.4. The van der Waals surface area contributed by atoms with Gasteiger partial charge in [-0.3, -0.25) is 0 Å². The second-order valence-corrected chi connectivity index (χ2v) is 20.3. The Kier molecular flexibility index (Phi) is 10.0. The van der Waals surface area contributed by atoms with Crippen molar-refractivity contribution in [2.75, 3.05) is 9.80 Å². The molecule has 0 amide bonds. The average Bonchev–Trinajstić information content (AvgIpc) is 4.31. The number of hydrogen-bond acceptors (Lipinski definition) is 2. The lowest BCUT2D eigenvalue weighted by Crippen LogP contribution is -2.30. The van der Waals surface area contributed by atoms with Crippen LogP contribution in [0.1, 0.15) is 44.5 Å². The molecule has 12 aromatic carbocycles. The molecule has 1 atom stereocenters. The molecule has 76 heavy (non-hydrogen) atoms. The molecule has 0 aromatic heterocycles. The Bertz CT molecular complexity index is 4080. The van der Waals surface area contributed by atoms with E-state index in [1.54, 1.807) is 0 Å². The van der Waals surface area contributed by atoms with Gasteiger partial charge >= 0.3 is 0 Å². The van der Waals surface area contributed by atoms with E-state index in [1.165, 1.54) is 77.9 Å². The van der Waals surface area contributed by atoms with Gasteiger partial charge in [-0.05, 0) is 139 Å². The second-order valence-electron chi connectivity index (χ2n) is 20.3. The highest BCUT2D eigenvalue weighted by molar-refractivity contribution is 6.00. The molecular weight excluding hydrogens is 917 g/mol. The number of fused-ring (bicyclic) bond motifs is 13. The lowest BCUT2D eigenvalue weighted by molar-refractivity contribution is 0.767. The van der Waals surface area contributed by atoms with Gasteiger partial charge in [-0.1, -0.05) is 243 Å². The highest BCUT2D eigenvalue weighted by Crippen LogP contribution is 2.65. The van der Waals surface area contributed by atoms with Crippen molar-refractivity contribution in [1.29, 1.82) is 0 Å². The predicted molar refractivity (Wildman–Crippen MR) is 315 cm³/mol. The van der Waals surface area contributed by atoms with E-state index in [9.17, 15) is 0 Å². The number of rotatable bonds is 9. The fraction of sp³-hybridized carbons (Fsp3) is 0.0270. The Labute approximate surface area is 444 Å². The molecule has 0 N–H and O–H groups in total. The molecule has 0 saturated carbocycles. The van der Waals surface area contributed by atoms with Crippen molar-refractivity contribution in [1.82, 2.24) is 0 Å². The van der Waals surface area contributed by atoms with Gasteiger partial charge < -0.3 is 9.80 Å². The molecular formula is C74H50N2. The van der Waals surface area contributed by atoms with Gasteiger partial charge in [-0.2, -0.15) is 0 Å². The molecule has 3 aliphatic carbocycles. The van der Waals surface area contributed by atoms with Crippen LogP contribution >= 0.6 is 0 Å². The van der Waals surface area contributed by atoms with Gasteiger partial charge in [0.1, 0.15) is 0 Å². The summed E-state index contributed by atoms with van der Waals surface area (Å²) >= 11 is 0. The summed E-state index contributed by atoms with van der Waals surface area (Å²) in [6.07, 6.45) is 0. The van der Waals surface area contributed by atoms with Gasteiger partial charge in [0.25, 0.3) is 0 Å². The van der Waals surface area contributed by atoms with Gasteiger partial charge in [0.15, 0.2) is 0 Å². The second kappa shape index (κ2) is 17.4. The molecule has 1 unspecified atom stereocenters. The van der Waals surface area contributed by atoms with Crippen LogP contribution in [0, 0.1) is 0 Å². The first-order chi connectivity index (χ1) is 37.7. The summed E-state index contributed by atoms with van der Waals surface area (Å²) in [5, 5.41) is 0. The third-order valence-electron chi connectivity index (χ3n) is 16.5. The Balaban J connectivity index is 1.04. The number of nitrogens with zero attached hydrogens (tertiary/aromatic N) is 2. The number of benzene rings is 12. The monoisotopic (exact) mass is 966 g/mol. The van der Waals surface area contributed by atoms with Gasteiger partial charge in [0, 0.05) is 33.9 Å². The minimum absolute atomic E-state index is 0.639. The number of hydrogen-bond donors (Lipinski definition) is 0. The van der Waals surface area contributed by atoms with Crippen molar-refractivity contribution < 1.29 is 0 Å². The van der Waals surface area contributed by atoms with E-state index in [4.69, 9.17) is 0 Å². The summed E-state index contributed by atoms with van der Waals surface area (Å²) in [4.78, 5) is 4.99. The zero-order valence-electron chi connectivity index (χ0n) is 41.8. The first-order valence-electron chi connectivity index (χ1n) is 26.4. The smallest absolute Gasteiger partial charge is 0.0734 e. The molecule has 0 radical (unpaired) electrons. The highest BCUT2D eigenvalue weighted by Gasteiger charge is 2.53. The molecule has 0 saturated heterocycles. The fourth-order valence-electron chi connectivity index (χ4n) is 13.6. The minimum atomic E-state index is -0.651. The van der Waals surface area contributed by atoms with Crippen LogP contribution in [0.3, 0.4) is 0 Å². The third-order valence-corrected chi connectivity index (χ3v) is 16.5. The maximum Gasteiger partial charge on any atom is 0.0734 e. The lowest BCUT2D eigenvalue weighted by Gasteiger charge is -2.38. The summed E-state index contributed by atoms with van der Waals surface area (Å²) in [6.45, 7) is 0. The van der Waals surface area contributed by atoms with Crippen LogP contribution in [0.2, 0.25) is 0 Å². The molecule has 356 valence electrons. The third kappa shape index (κ3) is 6.28. The summed E-state index contributed by atoms with van der Waals surface area (Å²) < 4.78 is 0. The first-order valence-corrected chi connectivity index (χ1v) is 26.4. The number of anilines is 6. The molecule has 0 fully saturated rings. The SMILES string of the molecule is c1ccc(-c2ccccc2N(c2ccc3c(c2)C2(c4ccccc4-c4ccc(N(c5ccccc5)c5ccccc5)cc42)c2ccccc2-3)c2cccc3c2C(c2ccccc2)(c2ccccc2)c2ccccc2-3)cc1. The lowest BCUT2D eigenvalue weighted by atomic mass is 9.67. The Morgan fingerprint density at radius 1 is 0.211 bits per heavy atom. The van der Waals surface area contributed by atoms with Crippen LogP contribution in [0.15, 0.2) is 303 Å². The minimum Gasteiger partial charge on any atom is -0.310 e. The zero-order valence-corrected chi connectivity index (χ0v) is 41.8. The molecule has 2 nitrogen and oxygen atoms in total. The molecule has 0 heterocycles. The van der Waals surface area contributed by atoms with Crippen LogP contribution in [-0.4, -0.2) is 0 Å². The molecule has 15 rings (SSSR count). The van der Waals surface area contributed by atoms with Crippen LogP contribution in [0.4, 0.5) is 34.1 Å². The normalized spacial score (nSPS) is 14.7. The van der Waals surface area contributed by atoms with Gasteiger partial charge in [-0.25, -0.2) is 0 Å². The van der Waals surface area contributed by atoms with Crippen LogP contribution in [-0.2, 0) is 10.8 Å². The van der Waals surface area contributed by atoms with Gasteiger partial charge in [0.2, 0.25) is 0 Å². The van der Waals surface area contributed by atoms with E-state index in [0.717, 1.165) is 45.3 Å². The quantitative estimate of drug-likeness (QED) is 0.142. The fourth-order valence-corrected chi connectivity index (χ4v) is 13.6. The Hall–Kier alpha value is -9.76. The van der Waals surface area contributed by atoms with E-state index < -0.39 is 10.8 Å². The van der Waals surface area contributed by atoms with Crippen molar-refractivity contribution in [2.45, 2.75) is 10.8 Å². The number of para-hydroxylation sites is 3. The van der Waals surface area contributed by atoms with Crippen molar-refractivity contribution >= 4 is 34.1 Å². The van der Waals surface area contributed by atoms with Crippen LogP contribution in [0.5, 0.6) is 0 Å². The summed E-state index contributed by atoms with van der Waals surface area (Å²) in [5.74, 6) is 0. The molecule has 3 aliphatic rings. The van der Waals surface area contributed by atoms with Crippen LogP contribution < -0.4 is 9.80 Å². The Morgan fingerprint density at radius 3 is 1.11 bits per heavy atom. The van der Waals surface area contributed by atoms with Crippen molar-refractivity contribution in [3.8, 4) is 44.5 Å². The predicted octanol–water partition coefficient (Wildman–Crippen LogP) is 19.0. The molecule has 0 aliphatic heterocycles. The highest BCUT2D eigenvalue weighted by atomic mass is 15.2. The van der Waals surface area contributed by atoms with E-state index in [1.807, 2.05) is 0 Å². The van der Waals surface area contributed by atoms with Crippen molar-refractivity contribution in [3.63, 3.8) is 0 Å². The summed E-state index contributed by atoms with van der Waals surface area (Å²) in [6, 6.07) is 113.